The Hall–Kier alpha value is -4.58. The Morgan fingerprint density at radius 3 is 2.32 bits per heavy atom. The highest BCUT2D eigenvalue weighted by Crippen LogP contribution is 2.32. The van der Waals surface area contributed by atoms with E-state index in [0.717, 1.165) is 74.2 Å². The number of carboxylic acid groups (broad SMARTS) is 1. The molecule has 1 saturated heterocycles. The van der Waals surface area contributed by atoms with E-state index in [1.165, 1.54) is 0 Å². The molecule has 2 aromatic carbocycles. The largest absolute Gasteiger partial charge is 0.481 e. The Morgan fingerprint density at radius 1 is 0.894 bits per heavy atom. The number of nitrogens with one attached hydrogen (secondary N) is 3. The number of carbonyl (C=O) groups excluding carboxylic acids is 5. The van der Waals surface area contributed by atoms with Crippen LogP contribution in [0.5, 0.6) is 0 Å². The SMILES string of the molecule is CN(CCCCCCNc1cccc2c1C(=O)N(C1CCC(=O)NC1=O)C2=O)Cc1ccc(NC(=O)CCCCCCC(=O)O)cc1. The van der Waals surface area contributed by atoms with Gasteiger partial charge in [0.2, 0.25) is 17.7 Å². The highest BCUT2D eigenvalue weighted by molar-refractivity contribution is 6.25. The van der Waals surface area contributed by atoms with Gasteiger partial charge in [0.15, 0.2) is 0 Å². The fourth-order valence-electron chi connectivity index (χ4n) is 5.97. The second-order valence-corrected chi connectivity index (χ2v) is 12.3. The summed E-state index contributed by atoms with van der Waals surface area (Å²) in [6, 6.07) is 12.0. The molecule has 2 aromatic rings. The van der Waals surface area contributed by atoms with Crippen molar-refractivity contribution in [2.24, 2.45) is 0 Å². The number of rotatable bonds is 19. The van der Waals surface area contributed by atoms with Crippen LogP contribution in [-0.4, -0.2) is 76.6 Å². The van der Waals surface area contributed by atoms with Gasteiger partial charge in [-0.15, -0.1) is 0 Å². The van der Waals surface area contributed by atoms with E-state index in [1.54, 1.807) is 18.2 Å². The minimum absolute atomic E-state index is 0.0315. The van der Waals surface area contributed by atoms with Crippen molar-refractivity contribution in [2.45, 2.75) is 89.6 Å². The van der Waals surface area contributed by atoms with Crippen LogP contribution in [0.2, 0.25) is 0 Å². The molecule has 0 bridgehead atoms. The number of aliphatic carboxylic acids is 1. The molecule has 12 nitrogen and oxygen atoms in total. The zero-order valence-corrected chi connectivity index (χ0v) is 27.0. The molecule has 1 fully saturated rings. The Kier molecular flexibility index (Phi) is 13.0. The molecule has 2 aliphatic heterocycles. The van der Waals surface area contributed by atoms with Crippen LogP contribution < -0.4 is 16.0 Å². The van der Waals surface area contributed by atoms with Crippen molar-refractivity contribution in [2.75, 3.05) is 30.8 Å². The first-order valence-electron chi connectivity index (χ1n) is 16.5. The molecule has 1 unspecified atom stereocenters. The third-order valence-corrected chi connectivity index (χ3v) is 8.48. The molecule has 0 aromatic heterocycles. The number of unbranched alkanes of at least 4 members (excludes halogenated alkanes) is 6. The lowest BCUT2D eigenvalue weighted by atomic mass is 10.0. The van der Waals surface area contributed by atoms with Gasteiger partial charge in [-0.2, -0.15) is 0 Å². The average Bonchev–Trinajstić information content (AvgIpc) is 3.29. The number of hydrogen-bond acceptors (Lipinski definition) is 8. The van der Waals surface area contributed by atoms with Crippen LogP contribution in [0.1, 0.15) is 103 Å². The van der Waals surface area contributed by atoms with Gasteiger partial charge in [0, 0.05) is 43.7 Å². The zero-order chi connectivity index (χ0) is 33.8. The Morgan fingerprint density at radius 2 is 1.60 bits per heavy atom. The summed E-state index contributed by atoms with van der Waals surface area (Å²) in [6.07, 6.45) is 7.85. The monoisotopic (exact) mass is 647 g/mol. The number of fused-ring (bicyclic) bond motifs is 1. The summed E-state index contributed by atoms with van der Waals surface area (Å²) >= 11 is 0. The van der Waals surface area contributed by atoms with Gasteiger partial charge in [0.1, 0.15) is 6.04 Å². The van der Waals surface area contributed by atoms with Gasteiger partial charge in [0.05, 0.1) is 11.1 Å². The fraction of sp³-hybridized carbons (Fsp3) is 0.486. The molecule has 2 heterocycles. The van der Waals surface area contributed by atoms with E-state index < -0.39 is 35.6 Å². The summed E-state index contributed by atoms with van der Waals surface area (Å²) in [5.74, 6) is -2.85. The molecule has 4 rings (SSSR count). The highest BCUT2D eigenvalue weighted by Gasteiger charge is 2.45. The van der Waals surface area contributed by atoms with Crippen molar-refractivity contribution in [1.82, 2.24) is 15.1 Å². The molecule has 0 saturated carbocycles. The number of hydrogen-bond donors (Lipinski definition) is 4. The first-order valence-corrected chi connectivity index (χ1v) is 16.5. The van der Waals surface area contributed by atoms with Crippen molar-refractivity contribution in [3.63, 3.8) is 0 Å². The van der Waals surface area contributed by atoms with Gasteiger partial charge >= 0.3 is 5.97 Å². The molecule has 12 heteroatoms. The number of amides is 5. The number of imide groups is 2. The Labute approximate surface area is 275 Å². The van der Waals surface area contributed by atoms with Gasteiger partial charge in [-0.05, 0) is 75.5 Å². The number of carboxylic acids is 1. The van der Waals surface area contributed by atoms with Crippen molar-refractivity contribution in [3.8, 4) is 0 Å². The minimum Gasteiger partial charge on any atom is -0.481 e. The van der Waals surface area contributed by atoms with Crippen molar-refractivity contribution in [3.05, 3.63) is 59.2 Å². The maximum Gasteiger partial charge on any atom is 0.303 e. The fourth-order valence-corrected chi connectivity index (χ4v) is 5.97. The Balaban J connectivity index is 1.10. The van der Waals surface area contributed by atoms with E-state index >= 15 is 0 Å². The standard InChI is InChI=1S/C35H45N5O7/c1-39(23-24-15-17-25(18-16-24)37-29(41)13-6-2-3-7-14-31(43)44)22-9-5-4-8-21-36-27-12-10-11-26-32(27)35(47)40(34(26)46)28-19-20-30(42)38-33(28)45/h10-12,15-18,28,36H,2-9,13-14,19-23H2,1H3,(H,37,41)(H,43,44)(H,38,42,45). The molecule has 2 aliphatic rings. The van der Waals surface area contributed by atoms with Gasteiger partial charge in [0.25, 0.3) is 11.8 Å². The molecule has 252 valence electrons. The van der Waals surface area contributed by atoms with Gasteiger partial charge in [-0.25, -0.2) is 0 Å². The maximum atomic E-state index is 13.2. The van der Waals surface area contributed by atoms with E-state index in [1.807, 2.05) is 24.3 Å². The minimum atomic E-state index is -0.982. The van der Waals surface area contributed by atoms with Gasteiger partial charge in [-0.3, -0.25) is 39.0 Å². The van der Waals surface area contributed by atoms with Gasteiger partial charge in [-0.1, -0.05) is 43.9 Å². The summed E-state index contributed by atoms with van der Waals surface area (Å²) in [6.45, 7) is 2.38. The van der Waals surface area contributed by atoms with E-state index in [0.29, 0.717) is 25.1 Å². The van der Waals surface area contributed by atoms with Crippen LogP contribution in [-0.2, 0) is 25.7 Å². The van der Waals surface area contributed by atoms with Crippen LogP contribution in [0.15, 0.2) is 42.5 Å². The van der Waals surface area contributed by atoms with Crippen LogP contribution in [0.25, 0.3) is 0 Å². The van der Waals surface area contributed by atoms with Crippen LogP contribution in [0.4, 0.5) is 11.4 Å². The predicted molar refractivity (Wildman–Crippen MR) is 177 cm³/mol. The normalized spacial score (nSPS) is 16.0. The lowest BCUT2D eigenvalue weighted by Crippen LogP contribution is -2.54. The summed E-state index contributed by atoms with van der Waals surface area (Å²) in [4.78, 5) is 76.1. The molecular weight excluding hydrogens is 602 g/mol. The van der Waals surface area contributed by atoms with E-state index in [-0.39, 0.29) is 36.3 Å². The molecule has 0 spiro atoms. The summed E-state index contributed by atoms with van der Waals surface area (Å²) in [5, 5.41) is 17.1. The predicted octanol–water partition coefficient (Wildman–Crippen LogP) is 4.56. The Bertz CT molecular complexity index is 1460. The highest BCUT2D eigenvalue weighted by atomic mass is 16.4. The van der Waals surface area contributed by atoms with E-state index in [9.17, 15) is 28.8 Å². The first kappa shape index (κ1) is 35.3. The third-order valence-electron chi connectivity index (χ3n) is 8.48. The summed E-state index contributed by atoms with van der Waals surface area (Å²) in [7, 11) is 2.08. The topological polar surface area (TPSA) is 165 Å². The van der Waals surface area contributed by atoms with Crippen molar-refractivity contribution >= 4 is 46.9 Å². The molecule has 1 atom stereocenters. The third kappa shape index (κ3) is 10.2. The number of benzene rings is 2. The lowest BCUT2D eigenvalue weighted by molar-refractivity contribution is -0.138. The number of carbonyl (C=O) groups is 6. The second-order valence-electron chi connectivity index (χ2n) is 12.3. The number of nitrogens with zero attached hydrogens (tertiary/aromatic N) is 2. The van der Waals surface area contributed by atoms with Crippen LogP contribution in [0.3, 0.4) is 0 Å². The van der Waals surface area contributed by atoms with Crippen LogP contribution >= 0.6 is 0 Å². The van der Waals surface area contributed by atoms with Crippen LogP contribution in [0, 0.1) is 0 Å². The van der Waals surface area contributed by atoms with E-state index in [4.69, 9.17) is 5.11 Å². The quantitative estimate of drug-likeness (QED) is 0.126. The average molecular weight is 648 g/mol. The molecule has 47 heavy (non-hydrogen) atoms. The molecule has 4 N–H and O–H groups in total. The summed E-state index contributed by atoms with van der Waals surface area (Å²) in [5.41, 5.74) is 3.05. The smallest absolute Gasteiger partial charge is 0.303 e. The second kappa shape index (κ2) is 17.4. The van der Waals surface area contributed by atoms with Gasteiger partial charge < -0.3 is 20.6 Å². The number of anilines is 2. The zero-order valence-electron chi connectivity index (χ0n) is 27.0. The molecular formula is C35H45N5O7. The number of piperidine rings is 1. The molecule has 0 radical (unpaired) electrons. The maximum absolute atomic E-state index is 13.2. The summed E-state index contributed by atoms with van der Waals surface area (Å²) < 4.78 is 0. The molecule has 0 aliphatic carbocycles. The van der Waals surface area contributed by atoms with E-state index in [2.05, 4.69) is 27.9 Å². The first-order chi connectivity index (χ1) is 22.6. The van der Waals surface area contributed by atoms with Crippen molar-refractivity contribution < 1.29 is 33.9 Å². The lowest BCUT2D eigenvalue weighted by Gasteiger charge is -2.27. The molecule has 5 amide bonds. The van der Waals surface area contributed by atoms with Crippen molar-refractivity contribution in [1.29, 1.82) is 0 Å².